The fraction of sp³-hybridized carbons (Fsp3) is 0.462. The third kappa shape index (κ3) is 3.70. The first-order chi connectivity index (χ1) is 8.37. The Hall–Kier alpha value is -1.62. The van der Waals surface area contributed by atoms with E-state index in [9.17, 15) is 14.3 Å². The third-order valence-electron chi connectivity index (χ3n) is 2.85. The lowest BCUT2D eigenvalue weighted by Crippen LogP contribution is -2.48. The third-order valence-corrected chi connectivity index (χ3v) is 2.85. The Morgan fingerprint density at radius 2 is 2.11 bits per heavy atom. The zero-order chi connectivity index (χ0) is 13.8. The van der Waals surface area contributed by atoms with Crippen molar-refractivity contribution < 1.29 is 19.4 Å². The summed E-state index contributed by atoms with van der Waals surface area (Å²) in [6.07, 6.45) is 1.20. The molecule has 0 aliphatic heterocycles. The fourth-order valence-electron chi connectivity index (χ4n) is 1.80. The van der Waals surface area contributed by atoms with Crippen molar-refractivity contribution in [2.24, 2.45) is 0 Å². The van der Waals surface area contributed by atoms with Crippen LogP contribution in [0.25, 0.3) is 0 Å². The van der Waals surface area contributed by atoms with Crippen molar-refractivity contribution in [3.8, 4) is 5.75 Å². The van der Waals surface area contributed by atoms with Crippen LogP contribution in [0.4, 0.5) is 4.39 Å². The number of carbonyl (C=O) groups is 1. The summed E-state index contributed by atoms with van der Waals surface area (Å²) in [7, 11) is 0. The summed E-state index contributed by atoms with van der Waals surface area (Å²) in [6.45, 7) is 3.68. The first-order valence-corrected chi connectivity index (χ1v) is 5.84. The van der Waals surface area contributed by atoms with Crippen LogP contribution >= 0.6 is 0 Å². The Kier molecular flexibility index (Phi) is 4.67. The minimum atomic E-state index is -1.04. The van der Waals surface area contributed by atoms with Gasteiger partial charge in [-0.15, -0.1) is 0 Å². The van der Waals surface area contributed by atoms with Crippen molar-refractivity contribution in [2.45, 2.75) is 38.8 Å². The molecular weight excluding hydrogens is 237 g/mol. The topological polar surface area (TPSA) is 69.6 Å². The zero-order valence-corrected chi connectivity index (χ0v) is 10.5. The quantitative estimate of drug-likeness (QED) is 0.729. The Morgan fingerprint density at radius 1 is 1.44 bits per heavy atom. The molecule has 0 aromatic heterocycles. The van der Waals surface area contributed by atoms with Gasteiger partial charge in [0.1, 0.15) is 17.1 Å². The molecule has 5 heteroatoms. The van der Waals surface area contributed by atoms with E-state index in [0.717, 1.165) is 12.5 Å². The first-order valence-electron chi connectivity index (χ1n) is 5.84. The molecule has 1 aromatic carbocycles. The van der Waals surface area contributed by atoms with Gasteiger partial charge in [-0.2, -0.15) is 0 Å². The molecule has 0 heterocycles. The monoisotopic (exact) mass is 255 g/mol. The van der Waals surface area contributed by atoms with Crippen LogP contribution in [-0.2, 0) is 11.3 Å². The van der Waals surface area contributed by atoms with Gasteiger partial charge in [0.15, 0.2) is 0 Å². The Bertz CT molecular complexity index is 416. The summed E-state index contributed by atoms with van der Waals surface area (Å²) < 4.78 is 13.1. The highest BCUT2D eigenvalue weighted by Gasteiger charge is 2.31. The molecule has 0 saturated carbocycles. The van der Waals surface area contributed by atoms with Crippen LogP contribution < -0.4 is 5.32 Å². The average molecular weight is 255 g/mol. The molecule has 1 rings (SSSR count). The Labute approximate surface area is 105 Å². The molecule has 18 heavy (non-hydrogen) atoms. The van der Waals surface area contributed by atoms with Crippen LogP contribution in [0, 0.1) is 5.82 Å². The number of halogens is 1. The Balaban J connectivity index is 2.76. The van der Waals surface area contributed by atoms with E-state index in [4.69, 9.17) is 5.11 Å². The predicted octanol–water partition coefficient (Wildman–Crippen LogP) is 2.26. The van der Waals surface area contributed by atoms with Gasteiger partial charge in [0, 0.05) is 12.6 Å². The number of benzene rings is 1. The van der Waals surface area contributed by atoms with Crippen LogP contribution in [0.1, 0.15) is 32.3 Å². The molecule has 0 saturated heterocycles. The molecule has 0 aliphatic carbocycles. The van der Waals surface area contributed by atoms with Gasteiger partial charge in [0.05, 0.1) is 0 Å². The summed E-state index contributed by atoms with van der Waals surface area (Å²) in [5.74, 6) is -1.65. The van der Waals surface area contributed by atoms with Crippen molar-refractivity contribution in [3.63, 3.8) is 0 Å². The molecule has 4 nitrogen and oxygen atoms in total. The molecule has 100 valence electrons. The molecular formula is C13H18FNO3. The maximum absolute atomic E-state index is 13.1. The zero-order valence-electron chi connectivity index (χ0n) is 10.5. The van der Waals surface area contributed by atoms with E-state index in [1.165, 1.54) is 12.1 Å². The van der Waals surface area contributed by atoms with Gasteiger partial charge in [-0.25, -0.2) is 4.39 Å². The maximum atomic E-state index is 13.1. The minimum absolute atomic E-state index is 0.167. The predicted molar refractivity (Wildman–Crippen MR) is 65.9 cm³/mol. The molecule has 1 atom stereocenters. The van der Waals surface area contributed by atoms with Gasteiger partial charge in [-0.3, -0.25) is 10.1 Å². The molecule has 3 N–H and O–H groups in total. The molecule has 0 spiro atoms. The smallest absolute Gasteiger partial charge is 0.323 e. The summed E-state index contributed by atoms with van der Waals surface area (Å²) >= 11 is 0. The molecule has 1 unspecified atom stereocenters. The van der Waals surface area contributed by atoms with Crippen LogP contribution in [0.15, 0.2) is 18.2 Å². The van der Waals surface area contributed by atoms with Gasteiger partial charge in [-0.05, 0) is 31.0 Å². The van der Waals surface area contributed by atoms with Crippen molar-refractivity contribution in [3.05, 3.63) is 29.6 Å². The standard InChI is InChI=1S/C13H18FNO3/c1-3-4-13(2,12(17)18)15-8-9-5-10(14)7-11(16)6-9/h5-7,15-16H,3-4,8H2,1-2H3,(H,17,18). The Morgan fingerprint density at radius 3 is 2.61 bits per heavy atom. The SMILES string of the molecule is CCCC(C)(NCc1cc(O)cc(F)c1)C(=O)O. The summed E-state index contributed by atoms with van der Waals surface area (Å²) in [4.78, 5) is 11.2. The normalized spacial score (nSPS) is 14.2. The lowest BCUT2D eigenvalue weighted by atomic mass is 9.96. The van der Waals surface area contributed by atoms with Gasteiger partial charge in [0.2, 0.25) is 0 Å². The summed E-state index contributed by atoms with van der Waals surface area (Å²) in [5, 5.41) is 21.3. The number of rotatable bonds is 6. The lowest BCUT2D eigenvalue weighted by molar-refractivity contribution is -0.144. The van der Waals surface area contributed by atoms with E-state index in [1.807, 2.05) is 6.92 Å². The van der Waals surface area contributed by atoms with E-state index in [-0.39, 0.29) is 12.3 Å². The van der Waals surface area contributed by atoms with Crippen LogP contribution in [-0.4, -0.2) is 21.7 Å². The highest BCUT2D eigenvalue weighted by atomic mass is 19.1. The summed E-state index contributed by atoms with van der Waals surface area (Å²) in [6, 6.07) is 3.68. The second kappa shape index (κ2) is 5.82. The van der Waals surface area contributed by atoms with Crippen molar-refractivity contribution >= 4 is 5.97 Å². The largest absolute Gasteiger partial charge is 0.508 e. The molecule has 0 radical (unpaired) electrons. The highest BCUT2D eigenvalue weighted by molar-refractivity contribution is 5.78. The van der Waals surface area contributed by atoms with Gasteiger partial charge >= 0.3 is 5.97 Å². The number of nitrogens with one attached hydrogen (secondary N) is 1. The number of phenolic OH excluding ortho intramolecular Hbond substituents is 1. The molecule has 0 aliphatic rings. The van der Waals surface area contributed by atoms with Crippen LogP contribution in [0.3, 0.4) is 0 Å². The van der Waals surface area contributed by atoms with Gasteiger partial charge < -0.3 is 10.2 Å². The molecule has 0 amide bonds. The van der Waals surface area contributed by atoms with Crippen molar-refractivity contribution in [1.82, 2.24) is 5.32 Å². The number of carboxylic acids is 1. The lowest BCUT2D eigenvalue weighted by Gasteiger charge is -2.26. The van der Waals surface area contributed by atoms with Gasteiger partial charge in [-0.1, -0.05) is 13.3 Å². The average Bonchev–Trinajstić information content (AvgIpc) is 2.25. The number of phenols is 1. The number of aliphatic carboxylic acids is 1. The minimum Gasteiger partial charge on any atom is -0.508 e. The molecule has 0 fully saturated rings. The van der Waals surface area contributed by atoms with Crippen LogP contribution in [0.2, 0.25) is 0 Å². The summed E-state index contributed by atoms with van der Waals surface area (Å²) in [5.41, 5.74) is -0.535. The molecule has 0 bridgehead atoms. The second-order valence-electron chi connectivity index (χ2n) is 4.56. The van der Waals surface area contributed by atoms with Gasteiger partial charge in [0.25, 0.3) is 0 Å². The first kappa shape index (κ1) is 14.4. The van der Waals surface area contributed by atoms with Crippen molar-refractivity contribution in [2.75, 3.05) is 0 Å². The van der Waals surface area contributed by atoms with E-state index in [0.29, 0.717) is 12.0 Å². The van der Waals surface area contributed by atoms with E-state index in [1.54, 1.807) is 6.92 Å². The number of hydrogen-bond acceptors (Lipinski definition) is 3. The molecule has 1 aromatic rings. The fourth-order valence-corrected chi connectivity index (χ4v) is 1.80. The van der Waals surface area contributed by atoms with Crippen molar-refractivity contribution in [1.29, 1.82) is 0 Å². The number of aromatic hydroxyl groups is 1. The van der Waals surface area contributed by atoms with Crippen LogP contribution in [0.5, 0.6) is 5.75 Å². The van der Waals surface area contributed by atoms with E-state index in [2.05, 4.69) is 5.32 Å². The number of carboxylic acid groups (broad SMARTS) is 1. The number of hydrogen-bond donors (Lipinski definition) is 3. The van der Waals surface area contributed by atoms with E-state index >= 15 is 0 Å². The maximum Gasteiger partial charge on any atom is 0.323 e. The highest BCUT2D eigenvalue weighted by Crippen LogP contribution is 2.17. The van der Waals surface area contributed by atoms with E-state index < -0.39 is 17.3 Å². The second-order valence-corrected chi connectivity index (χ2v) is 4.56.